The Kier molecular flexibility index (Phi) is 7.02. The fraction of sp³-hybridized carbons (Fsp3) is 0.727. The lowest BCUT2D eigenvalue weighted by Crippen LogP contribution is -2.46. The molecule has 0 spiro atoms. The van der Waals surface area contributed by atoms with Gasteiger partial charge in [-0.1, -0.05) is 13.8 Å². The zero-order chi connectivity index (χ0) is 15.1. The molecule has 0 bridgehead atoms. The summed E-state index contributed by atoms with van der Waals surface area (Å²) in [4.78, 5) is 32.7. The molecule has 0 aliphatic rings. The number of rotatable bonds is 8. The third kappa shape index (κ3) is 6.73. The second kappa shape index (κ2) is 7.70. The van der Waals surface area contributed by atoms with Crippen molar-refractivity contribution in [2.45, 2.75) is 26.4 Å². The molecule has 8 heteroatoms. The van der Waals surface area contributed by atoms with E-state index < -0.39 is 29.4 Å². The average molecular weight is 276 g/mol. The van der Waals surface area contributed by atoms with Crippen LogP contribution in [0.3, 0.4) is 0 Å². The Bertz CT molecular complexity index is 342. The zero-order valence-corrected chi connectivity index (χ0v) is 11.0. The Hall–Kier alpha value is -1.67. The maximum Gasteiger partial charge on any atom is 0.319 e. The third-order valence-corrected chi connectivity index (χ3v) is 2.40. The van der Waals surface area contributed by atoms with Gasteiger partial charge in [0.1, 0.15) is 6.10 Å². The van der Waals surface area contributed by atoms with Gasteiger partial charge in [-0.25, -0.2) is 0 Å². The SMILES string of the molecule is CC(C)(COC(=O)CN)C(O)C(=O)NCCC(=O)O. The highest BCUT2D eigenvalue weighted by Crippen LogP contribution is 2.21. The van der Waals surface area contributed by atoms with Crippen LogP contribution in [-0.2, 0) is 19.1 Å². The largest absolute Gasteiger partial charge is 0.481 e. The van der Waals surface area contributed by atoms with E-state index in [0.717, 1.165) is 0 Å². The lowest BCUT2D eigenvalue weighted by atomic mass is 9.87. The summed E-state index contributed by atoms with van der Waals surface area (Å²) in [6.45, 7) is 2.55. The van der Waals surface area contributed by atoms with Crippen LogP contribution in [0.2, 0.25) is 0 Å². The maximum atomic E-state index is 11.6. The van der Waals surface area contributed by atoms with E-state index in [0.29, 0.717) is 0 Å². The van der Waals surface area contributed by atoms with E-state index in [-0.39, 0.29) is 26.1 Å². The second-order valence-electron chi connectivity index (χ2n) is 4.69. The van der Waals surface area contributed by atoms with Crippen LogP contribution in [-0.4, -0.2) is 53.9 Å². The molecule has 0 radical (unpaired) electrons. The minimum Gasteiger partial charge on any atom is -0.481 e. The number of nitrogens with two attached hydrogens (primary N) is 1. The predicted molar refractivity (Wildman–Crippen MR) is 65.1 cm³/mol. The number of carboxylic acid groups (broad SMARTS) is 1. The smallest absolute Gasteiger partial charge is 0.319 e. The van der Waals surface area contributed by atoms with Crippen LogP contribution >= 0.6 is 0 Å². The zero-order valence-electron chi connectivity index (χ0n) is 11.0. The molecule has 110 valence electrons. The van der Waals surface area contributed by atoms with Crippen molar-refractivity contribution in [1.29, 1.82) is 0 Å². The number of ether oxygens (including phenoxy) is 1. The van der Waals surface area contributed by atoms with E-state index in [1.807, 2.05) is 0 Å². The van der Waals surface area contributed by atoms with E-state index >= 15 is 0 Å². The standard InChI is InChI=1S/C11H20N2O6/c1-11(2,6-19-8(16)5-12)9(17)10(18)13-4-3-7(14)15/h9,17H,3-6,12H2,1-2H3,(H,13,18)(H,14,15). The number of hydrogen-bond acceptors (Lipinski definition) is 6. The first kappa shape index (κ1) is 17.3. The molecule has 5 N–H and O–H groups in total. The van der Waals surface area contributed by atoms with Crippen molar-refractivity contribution in [2.75, 3.05) is 19.7 Å². The van der Waals surface area contributed by atoms with Crippen LogP contribution in [0.1, 0.15) is 20.3 Å². The molecule has 19 heavy (non-hydrogen) atoms. The molecule has 0 aromatic heterocycles. The third-order valence-electron chi connectivity index (χ3n) is 2.40. The van der Waals surface area contributed by atoms with Crippen LogP contribution < -0.4 is 11.1 Å². The van der Waals surface area contributed by atoms with Gasteiger partial charge in [0.2, 0.25) is 5.91 Å². The molecule has 0 saturated heterocycles. The summed E-state index contributed by atoms with van der Waals surface area (Å²) in [5.74, 6) is -2.40. The highest BCUT2D eigenvalue weighted by Gasteiger charge is 2.34. The molecule has 0 saturated carbocycles. The van der Waals surface area contributed by atoms with Gasteiger partial charge < -0.3 is 26.0 Å². The van der Waals surface area contributed by atoms with E-state index in [1.54, 1.807) is 0 Å². The van der Waals surface area contributed by atoms with Crippen LogP contribution in [0.25, 0.3) is 0 Å². The molecule has 0 aromatic rings. The molecule has 0 aliphatic heterocycles. The Labute approximate surface area is 110 Å². The molecule has 0 rings (SSSR count). The number of aliphatic carboxylic acids is 1. The maximum absolute atomic E-state index is 11.6. The van der Waals surface area contributed by atoms with Gasteiger partial charge >= 0.3 is 11.9 Å². The summed E-state index contributed by atoms with van der Waals surface area (Å²) in [5, 5.41) is 20.5. The number of nitrogens with one attached hydrogen (secondary N) is 1. The minimum atomic E-state index is -1.42. The number of carbonyl (C=O) groups excluding carboxylic acids is 2. The molecule has 0 aliphatic carbocycles. The van der Waals surface area contributed by atoms with Crippen molar-refractivity contribution in [3.63, 3.8) is 0 Å². The molecule has 0 fully saturated rings. The molecule has 0 heterocycles. The van der Waals surface area contributed by atoms with Gasteiger partial charge in [-0.05, 0) is 0 Å². The molecule has 1 atom stereocenters. The van der Waals surface area contributed by atoms with Gasteiger partial charge in [-0.15, -0.1) is 0 Å². The van der Waals surface area contributed by atoms with Crippen molar-refractivity contribution in [1.82, 2.24) is 5.32 Å². The Balaban J connectivity index is 4.27. The van der Waals surface area contributed by atoms with Gasteiger partial charge in [0, 0.05) is 12.0 Å². The van der Waals surface area contributed by atoms with Gasteiger partial charge in [0.15, 0.2) is 0 Å². The van der Waals surface area contributed by atoms with Crippen LogP contribution in [0.15, 0.2) is 0 Å². The van der Waals surface area contributed by atoms with E-state index in [9.17, 15) is 19.5 Å². The minimum absolute atomic E-state index is 0.0795. The summed E-state index contributed by atoms with van der Waals surface area (Å²) < 4.78 is 4.77. The molecule has 8 nitrogen and oxygen atoms in total. The Morgan fingerprint density at radius 2 is 1.95 bits per heavy atom. The monoisotopic (exact) mass is 276 g/mol. The summed E-state index contributed by atoms with van der Waals surface area (Å²) in [6.07, 6.45) is -1.66. The van der Waals surface area contributed by atoms with Gasteiger partial charge in [-0.3, -0.25) is 14.4 Å². The fourth-order valence-corrected chi connectivity index (χ4v) is 1.15. The quantitative estimate of drug-likeness (QED) is 0.394. The number of hydrogen-bond donors (Lipinski definition) is 4. The molecule has 0 aromatic carbocycles. The summed E-state index contributed by atoms with van der Waals surface area (Å²) >= 11 is 0. The number of carbonyl (C=O) groups is 3. The molecular formula is C11H20N2O6. The van der Waals surface area contributed by atoms with E-state index in [2.05, 4.69) is 5.32 Å². The fourth-order valence-electron chi connectivity index (χ4n) is 1.15. The predicted octanol–water partition coefficient (Wildman–Crippen LogP) is -1.53. The highest BCUT2D eigenvalue weighted by molar-refractivity contribution is 5.82. The number of esters is 1. The Morgan fingerprint density at radius 3 is 2.42 bits per heavy atom. The van der Waals surface area contributed by atoms with Crippen LogP contribution in [0.4, 0.5) is 0 Å². The van der Waals surface area contributed by atoms with Crippen molar-refractivity contribution >= 4 is 17.8 Å². The van der Waals surface area contributed by atoms with E-state index in [4.69, 9.17) is 15.6 Å². The first-order valence-electron chi connectivity index (χ1n) is 5.74. The molecular weight excluding hydrogens is 256 g/mol. The van der Waals surface area contributed by atoms with Crippen LogP contribution in [0, 0.1) is 5.41 Å². The lowest BCUT2D eigenvalue weighted by molar-refractivity contribution is -0.152. The number of amides is 1. The topological polar surface area (TPSA) is 139 Å². The lowest BCUT2D eigenvalue weighted by Gasteiger charge is -2.28. The van der Waals surface area contributed by atoms with Crippen LogP contribution in [0.5, 0.6) is 0 Å². The van der Waals surface area contributed by atoms with Crippen molar-refractivity contribution in [3.8, 4) is 0 Å². The van der Waals surface area contributed by atoms with Gasteiger partial charge in [0.05, 0.1) is 19.6 Å². The van der Waals surface area contributed by atoms with E-state index in [1.165, 1.54) is 13.8 Å². The second-order valence-corrected chi connectivity index (χ2v) is 4.69. The summed E-state index contributed by atoms with van der Waals surface area (Å²) in [6, 6.07) is 0. The van der Waals surface area contributed by atoms with Gasteiger partial charge in [-0.2, -0.15) is 0 Å². The number of carboxylic acids is 1. The molecule has 1 amide bonds. The van der Waals surface area contributed by atoms with Crippen molar-refractivity contribution < 1.29 is 29.3 Å². The Morgan fingerprint density at radius 1 is 1.37 bits per heavy atom. The summed E-state index contributed by atoms with van der Waals surface area (Å²) in [7, 11) is 0. The average Bonchev–Trinajstić information content (AvgIpc) is 2.34. The first-order chi connectivity index (χ1) is 8.70. The number of aliphatic hydroxyl groups excluding tert-OH is 1. The highest BCUT2D eigenvalue weighted by atomic mass is 16.5. The number of aliphatic hydroxyl groups is 1. The first-order valence-corrected chi connectivity index (χ1v) is 5.74. The van der Waals surface area contributed by atoms with Crippen molar-refractivity contribution in [3.05, 3.63) is 0 Å². The van der Waals surface area contributed by atoms with Crippen molar-refractivity contribution in [2.24, 2.45) is 11.1 Å². The summed E-state index contributed by atoms with van der Waals surface area (Å²) in [5.41, 5.74) is 4.06. The van der Waals surface area contributed by atoms with Gasteiger partial charge in [0.25, 0.3) is 0 Å². The normalized spacial score (nSPS) is 12.6. The molecule has 1 unspecified atom stereocenters.